The number of rotatable bonds is 1. The van der Waals surface area contributed by atoms with Crippen molar-refractivity contribution in [3.05, 3.63) is 44.2 Å². The summed E-state index contributed by atoms with van der Waals surface area (Å²) in [7, 11) is 0. The summed E-state index contributed by atoms with van der Waals surface area (Å²) >= 11 is 2.97. The molecule has 0 fully saturated rings. The SMILES string of the molecule is [N-]=[N+]=NCC#Cc1ccc(Br)cc1C(F)(F)F. The first-order chi connectivity index (χ1) is 7.95. The molecule has 0 radical (unpaired) electrons. The fourth-order valence-electron chi connectivity index (χ4n) is 1.06. The quantitative estimate of drug-likeness (QED) is 0.324. The molecule has 0 heterocycles. The molecule has 88 valence electrons. The van der Waals surface area contributed by atoms with Crippen LogP contribution in [0.1, 0.15) is 11.1 Å². The van der Waals surface area contributed by atoms with Crippen LogP contribution in [0.3, 0.4) is 0 Å². The van der Waals surface area contributed by atoms with Crippen LogP contribution in [0.5, 0.6) is 0 Å². The lowest BCUT2D eigenvalue weighted by atomic mass is 10.1. The Kier molecular flexibility index (Phi) is 4.44. The molecule has 0 aliphatic rings. The van der Waals surface area contributed by atoms with E-state index >= 15 is 0 Å². The van der Waals surface area contributed by atoms with Crippen LogP contribution in [0.2, 0.25) is 0 Å². The second-order valence-electron chi connectivity index (χ2n) is 2.88. The summed E-state index contributed by atoms with van der Waals surface area (Å²) in [4.78, 5) is 2.44. The molecule has 1 aromatic rings. The minimum atomic E-state index is -4.47. The molecule has 3 nitrogen and oxygen atoms in total. The summed E-state index contributed by atoms with van der Waals surface area (Å²) in [5.41, 5.74) is 7.02. The number of alkyl halides is 3. The van der Waals surface area contributed by atoms with Crippen molar-refractivity contribution in [1.29, 1.82) is 0 Å². The first-order valence-electron chi connectivity index (χ1n) is 4.31. The Morgan fingerprint density at radius 3 is 2.71 bits per heavy atom. The van der Waals surface area contributed by atoms with E-state index in [2.05, 4.69) is 37.8 Å². The number of hydrogen-bond donors (Lipinski definition) is 0. The predicted octanol–water partition coefficient (Wildman–Crippen LogP) is 4.13. The van der Waals surface area contributed by atoms with E-state index in [1.165, 1.54) is 12.1 Å². The molecule has 0 atom stereocenters. The number of halogens is 4. The summed E-state index contributed by atoms with van der Waals surface area (Å²) in [6.45, 7) is -0.163. The van der Waals surface area contributed by atoms with Crippen molar-refractivity contribution >= 4 is 15.9 Å². The molecule has 0 aliphatic carbocycles. The summed E-state index contributed by atoms with van der Waals surface area (Å²) in [6.07, 6.45) is -4.47. The highest BCUT2D eigenvalue weighted by Crippen LogP contribution is 2.33. The van der Waals surface area contributed by atoms with E-state index in [1.807, 2.05) is 0 Å². The third-order valence-electron chi connectivity index (χ3n) is 1.72. The molecule has 0 spiro atoms. The highest BCUT2D eigenvalue weighted by molar-refractivity contribution is 9.10. The molecule has 1 aromatic carbocycles. The van der Waals surface area contributed by atoms with Crippen molar-refractivity contribution in [2.45, 2.75) is 6.18 Å². The first kappa shape index (κ1) is 13.4. The zero-order valence-electron chi connectivity index (χ0n) is 8.29. The van der Waals surface area contributed by atoms with Crippen LogP contribution < -0.4 is 0 Å². The van der Waals surface area contributed by atoms with Crippen molar-refractivity contribution in [3.8, 4) is 11.8 Å². The van der Waals surface area contributed by atoms with Gasteiger partial charge >= 0.3 is 6.18 Å². The van der Waals surface area contributed by atoms with E-state index in [4.69, 9.17) is 5.53 Å². The van der Waals surface area contributed by atoms with Crippen LogP contribution in [0.25, 0.3) is 10.4 Å². The monoisotopic (exact) mass is 303 g/mol. The zero-order chi connectivity index (χ0) is 12.9. The van der Waals surface area contributed by atoms with E-state index in [9.17, 15) is 13.2 Å². The molecule has 17 heavy (non-hydrogen) atoms. The van der Waals surface area contributed by atoms with Crippen molar-refractivity contribution in [1.82, 2.24) is 0 Å². The molecular weight excluding hydrogens is 299 g/mol. The van der Waals surface area contributed by atoms with Gasteiger partial charge in [0.15, 0.2) is 0 Å². The molecule has 0 bridgehead atoms. The summed E-state index contributed by atoms with van der Waals surface area (Å²) < 4.78 is 38.2. The molecule has 0 aliphatic heterocycles. The number of benzene rings is 1. The topological polar surface area (TPSA) is 48.8 Å². The smallest absolute Gasteiger partial charge is 0.166 e. The number of nitrogens with zero attached hydrogens (tertiary/aromatic N) is 3. The van der Waals surface area contributed by atoms with Crippen LogP contribution in [-0.2, 0) is 6.18 Å². The molecule has 0 unspecified atom stereocenters. The minimum absolute atomic E-state index is 0.145. The Balaban J connectivity index is 3.14. The molecule has 0 amide bonds. The van der Waals surface area contributed by atoms with Crippen molar-refractivity contribution in [2.75, 3.05) is 6.54 Å². The van der Waals surface area contributed by atoms with Gasteiger partial charge in [0.2, 0.25) is 0 Å². The van der Waals surface area contributed by atoms with Gasteiger partial charge in [-0.3, -0.25) is 0 Å². The van der Waals surface area contributed by atoms with Gasteiger partial charge in [-0.05, 0) is 23.7 Å². The maximum atomic E-state index is 12.6. The van der Waals surface area contributed by atoms with E-state index < -0.39 is 11.7 Å². The fraction of sp³-hybridized carbons (Fsp3) is 0.200. The second kappa shape index (κ2) is 5.62. The van der Waals surface area contributed by atoms with E-state index in [0.29, 0.717) is 4.47 Å². The van der Waals surface area contributed by atoms with Crippen LogP contribution in [-0.4, -0.2) is 6.54 Å². The first-order valence-corrected chi connectivity index (χ1v) is 5.11. The van der Waals surface area contributed by atoms with Gasteiger partial charge in [0, 0.05) is 14.9 Å². The molecule has 0 saturated carbocycles. The van der Waals surface area contributed by atoms with Crippen LogP contribution in [0.15, 0.2) is 27.8 Å². The van der Waals surface area contributed by atoms with Gasteiger partial charge in [-0.1, -0.05) is 32.9 Å². The Morgan fingerprint density at radius 2 is 2.12 bits per heavy atom. The standard InChI is InChI=1S/C10H5BrF3N3/c11-8-4-3-7(2-1-5-16-17-15)9(6-8)10(12,13)14/h3-4,6H,5H2. The largest absolute Gasteiger partial charge is 0.417 e. The zero-order valence-corrected chi connectivity index (χ0v) is 9.88. The van der Waals surface area contributed by atoms with Crippen LogP contribution in [0.4, 0.5) is 13.2 Å². The van der Waals surface area contributed by atoms with E-state index in [0.717, 1.165) is 6.07 Å². The van der Waals surface area contributed by atoms with E-state index in [1.54, 1.807) is 0 Å². The highest BCUT2D eigenvalue weighted by atomic mass is 79.9. The van der Waals surface area contributed by atoms with Gasteiger partial charge in [-0.15, -0.1) is 0 Å². The normalized spacial score (nSPS) is 10.1. The lowest BCUT2D eigenvalue weighted by Gasteiger charge is -2.09. The molecular formula is C10H5BrF3N3. The van der Waals surface area contributed by atoms with Crippen molar-refractivity contribution in [2.24, 2.45) is 5.11 Å². The maximum absolute atomic E-state index is 12.6. The summed E-state index contributed by atoms with van der Waals surface area (Å²) in [5, 5.41) is 3.11. The lowest BCUT2D eigenvalue weighted by molar-refractivity contribution is -0.137. The van der Waals surface area contributed by atoms with Gasteiger partial charge in [-0.2, -0.15) is 13.2 Å². The average Bonchev–Trinajstić information content (AvgIpc) is 2.25. The molecule has 1 rings (SSSR count). The molecule has 0 saturated heterocycles. The highest BCUT2D eigenvalue weighted by Gasteiger charge is 2.33. The van der Waals surface area contributed by atoms with Gasteiger partial charge in [0.1, 0.15) is 0 Å². The van der Waals surface area contributed by atoms with Gasteiger partial charge in [0.05, 0.1) is 12.1 Å². The minimum Gasteiger partial charge on any atom is -0.166 e. The summed E-state index contributed by atoms with van der Waals surface area (Å²) in [6, 6.07) is 3.68. The van der Waals surface area contributed by atoms with Gasteiger partial charge < -0.3 is 0 Å². The Morgan fingerprint density at radius 1 is 1.41 bits per heavy atom. The maximum Gasteiger partial charge on any atom is 0.417 e. The number of azide groups is 1. The average molecular weight is 304 g/mol. The molecule has 0 aromatic heterocycles. The van der Waals surface area contributed by atoms with Crippen LogP contribution in [0, 0.1) is 11.8 Å². The lowest BCUT2D eigenvalue weighted by Crippen LogP contribution is -2.07. The third kappa shape index (κ3) is 4.02. The second-order valence-corrected chi connectivity index (χ2v) is 3.79. The Hall–Kier alpha value is -1.64. The molecule has 0 N–H and O–H groups in total. The number of hydrogen-bond acceptors (Lipinski definition) is 1. The van der Waals surface area contributed by atoms with Crippen molar-refractivity contribution < 1.29 is 13.2 Å². The van der Waals surface area contributed by atoms with Crippen molar-refractivity contribution in [3.63, 3.8) is 0 Å². The molecule has 7 heteroatoms. The fourth-order valence-corrected chi connectivity index (χ4v) is 1.42. The van der Waals surface area contributed by atoms with Gasteiger partial charge in [0.25, 0.3) is 0 Å². The van der Waals surface area contributed by atoms with E-state index in [-0.39, 0.29) is 12.1 Å². The van der Waals surface area contributed by atoms with Crippen LogP contribution >= 0.6 is 15.9 Å². The third-order valence-corrected chi connectivity index (χ3v) is 2.22. The Bertz CT molecular complexity index is 522. The summed E-state index contributed by atoms with van der Waals surface area (Å²) in [5.74, 6) is 4.67. The Labute approximate surface area is 103 Å². The van der Waals surface area contributed by atoms with Gasteiger partial charge in [-0.25, -0.2) is 0 Å². The predicted molar refractivity (Wildman–Crippen MR) is 60.0 cm³/mol.